The van der Waals surface area contributed by atoms with Crippen LogP contribution in [0.3, 0.4) is 0 Å². The van der Waals surface area contributed by atoms with Crippen LogP contribution in [-0.2, 0) is 30.3 Å². The smallest absolute Gasteiger partial charge is 0.191 e. The summed E-state index contributed by atoms with van der Waals surface area (Å²) in [4.78, 5) is 13.9. The number of hydrogen-bond donors (Lipinski definition) is 0. The number of ether oxygens (including phenoxy) is 4. The Hall–Kier alpha value is -1.79. The maximum absolute atomic E-state index is 13.9. The van der Waals surface area contributed by atoms with E-state index in [9.17, 15) is 4.79 Å². The Balaban J connectivity index is 1.66. The van der Waals surface area contributed by atoms with Gasteiger partial charge in [-0.15, -0.1) is 6.58 Å². The molecular weight excluding hydrogens is 404 g/mol. The van der Waals surface area contributed by atoms with E-state index in [1.807, 2.05) is 50.3 Å². The van der Waals surface area contributed by atoms with Crippen molar-refractivity contribution in [1.29, 1.82) is 0 Å². The first-order chi connectivity index (χ1) is 15.3. The summed E-state index contributed by atoms with van der Waals surface area (Å²) in [5.74, 6) is -0.757. The molecule has 2 fully saturated rings. The first-order valence-corrected chi connectivity index (χ1v) is 11.7. The van der Waals surface area contributed by atoms with Gasteiger partial charge in [0.15, 0.2) is 24.0 Å². The quantitative estimate of drug-likeness (QED) is 0.500. The van der Waals surface area contributed by atoms with Crippen LogP contribution in [-0.4, -0.2) is 35.7 Å². The molecule has 0 saturated carbocycles. The van der Waals surface area contributed by atoms with Crippen molar-refractivity contribution in [1.82, 2.24) is 0 Å². The molecule has 0 N–H and O–H groups in total. The number of ketones is 1. The summed E-state index contributed by atoms with van der Waals surface area (Å²) in [5.41, 5.74) is 2.82. The molecule has 0 bridgehead atoms. The van der Waals surface area contributed by atoms with Gasteiger partial charge in [-0.05, 0) is 65.4 Å². The van der Waals surface area contributed by atoms with Crippen LogP contribution in [0.4, 0.5) is 0 Å². The van der Waals surface area contributed by atoms with Gasteiger partial charge in [-0.2, -0.15) is 0 Å². The van der Waals surface area contributed by atoms with E-state index >= 15 is 0 Å². The molecule has 174 valence electrons. The van der Waals surface area contributed by atoms with Gasteiger partial charge in [0.05, 0.1) is 6.61 Å². The molecule has 2 heterocycles. The lowest BCUT2D eigenvalue weighted by Gasteiger charge is -2.39. The fourth-order valence-corrected chi connectivity index (χ4v) is 5.20. The molecule has 0 radical (unpaired) electrons. The van der Waals surface area contributed by atoms with Crippen molar-refractivity contribution in [2.45, 2.75) is 96.3 Å². The molecule has 0 unspecified atom stereocenters. The Morgan fingerprint density at radius 1 is 1.19 bits per heavy atom. The molecule has 5 nitrogen and oxygen atoms in total. The van der Waals surface area contributed by atoms with Crippen molar-refractivity contribution in [3.05, 3.63) is 59.7 Å². The fourth-order valence-electron chi connectivity index (χ4n) is 5.20. The maximum Gasteiger partial charge on any atom is 0.191 e. The van der Waals surface area contributed by atoms with Crippen molar-refractivity contribution < 1.29 is 23.7 Å². The fraction of sp³-hybridized carbons (Fsp3) is 0.593. The normalized spacial score (nSPS) is 33.9. The summed E-state index contributed by atoms with van der Waals surface area (Å²) in [6.07, 6.45) is 3.89. The van der Waals surface area contributed by atoms with Gasteiger partial charge in [-0.25, -0.2) is 0 Å². The number of hydrogen-bond acceptors (Lipinski definition) is 5. The molecule has 3 aliphatic rings. The largest absolute Gasteiger partial charge is 0.364 e. The van der Waals surface area contributed by atoms with E-state index < -0.39 is 29.9 Å². The zero-order valence-electron chi connectivity index (χ0n) is 19.8. The van der Waals surface area contributed by atoms with Gasteiger partial charge in [0.25, 0.3) is 0 Å². The summed E-state index contributed by atoms with van der Waals surface area (Å²) in [6, 6.07) is 10.0. The van der Waals surface area contributed by atoms with Crippen molar-refractivity contribution in [3.63, 3.8) is 0 Å². The number of carbonyl (C=O) groups is 1. The monoisotopic (exact) mass is 440 g/mol. The van der Waals surface area contributed by atoms with Crippen LogP contribution in [0.1, 0.15) is 65.4 Å². The van der Waals surface area contributed by atoms with Crippen LogP contribution in [0.2, 0.25) is 0 Å². The third-order valence-corrected chi connectivity index (χ3v) is 7.15. The first kappa shape index (κ1) is 23.4. The molecule has 2 aliphatic heterocycles. The van der Waals surface area contributed by atoms with E-state index in [1.165, 1.54) is 11.1 Å². The molecular formula is C27H36O5. The minimum Gasteiger partial charge on any atom is -0.364 e. The number of rotatable bonds is 8. The molecule has 1 aromatic carbocycles. The summed E-state index contributed by atoms with van der Waals surface area (Å²) in [7, 11) is 0. The van der Waals surface area contributed by atoms with Gasteiger partial charge < -0.3 is 18.9 Å². The van der Waals surface area contributed by atoms with Crippen molar-refractivity contribution >= 4 is 5.78 Å². The molecule has 0 spiro atoms. The molecule has 0 amide bonds. The number of Topliss-reactive ketones (excluding diaryl/α,β-unsaturated/α-hetero) is 1. The van der Waals surface area contributed by atoms with Gasteiger partial charge in [0.2, 0.25) is 0 Å². The Bertz CT molecular complexity index is 873. The highest BCUT2D eigenvalue weighted by Crippen LogP contribution is 2.49. The molecule has 2 saturated heterocycles. The average molecular weight is 441 g/mol. The highest BCUT2D eigenvalue weighted by Gasteiger charge is 2.66. The minimum atomic E-state index is -0.927. The Morgan fingerprint density at radius 2 is 1.94 bits per heavy atom. The second kappa shape index (κ2) is 9.22. The zero-order valence-corrected chi connectivity index (χ0v) is 19.8. The maximum atomic E-state index is 13.9. The molecule has 5 heteroatoms. The van der Waals surface area contributed by atoms with Crippen molar-refractivity contribution in [3.8, 4) is 0 Å². The van der Waals surface area contributed by atoms with Gasteiger partial charge in [0, 0.05) is 5.92 Å². The molecule has 4 rings (SSSR count). The lowest BCUT2D eigenvalue weighted by Crippen LogP contribution is -2.55. The summed E-state index contributed by atoms with van der Waals surface area (Å²) in [6.45, 7) is 12.3. The standard InChI is InChI=1S/C27H36O5/c1-6-7-15-27(29-17-20-11-9-8-10-12-20)23(30-25-24(27)31-26(4,5)32-25)22(28)21-14-13-18(2)19(3)16-21/h6,8-12,21,23-25H,1,7,13-17H2,2-5H3/t21-,23+,24-,25+,27+/m0/s1. The number of benzene rings is 1. The molecule has 1 aliphatic carbocycles. The van der Waals surface area contributed by atoms with E-state index in [2.05, 4.69) is 20.4 Å². The van der Waals surface area contributed by atoms with E-state index in [0.29, 0.717) is 19.4 Å². The van der Waals surface area contributed by atoms with Gasteiger partial charge in [-0.3, -0.25) is 4.79 Å². The Labute approximate surface area is 191 Å². The Kier molecular flexibility index (Phi) is 6.73. The SMILES string of the molecule is C=CCC[C@@]1(OCc2ccccc2)[C@@H](C(=O)[C@H]2CCC(C)=C(C)C2)O[C@@H]2OC(C)(C)O[C@@H]21. The highest BCUT2D eigenvalue weighted by atomic mass is 16.8. The number of allylic oxidation sites excluding steroid dienone is 3. The van der Waals surface area contributed by atoms with Crippen molar-refractivity contribution in [2.75, 3.05) is 0 Å². The number of fused-ring (bicyclic) bond motifs is 1. The summed E-state index contributed by atoms with van der Waals surface area (Å²) in [5, 5.41) is 0. The van der Waals surface area contributed by atoms with E-state index in [0.717, 1.165) is 24.8 Å². The van der Waals surface area contributed by atoms with Crippen LogP contribution < -0.4 is 0 Å². The average Bonchev–Trinajstić information content (AvgIpc) is 3.23. The third-order valence-electron chi connectivity index (χ3n) is 7.15. The molecule has 1 aromatic rings. The lowest BCUT2D eigenvalue weighted by atomic mass is 9.76. The van der Waals surface area contributed by atoms with Crippen molar-refractivity contribution in [2.24, 2.45) is 5.92 Å². The second-order valence-electron chi connectivity index (χ2n) is 9.90. The molecule has 0 aromatic heterocycles. The second-order valence-corrected chi connectivity index (χ2v) is 9.90. The van der Waals surface area contributed by atoms with Crippen LogP contribution >= 0.6 is 0 Å². The first-order valence-electron chi connectivity index (χ1n) is 11.7. The molecule has 5 atom stereocenters. The van der Waals surface area contributed by atoms with Crippen LogP contribution in [0.5, 0.6) is 0 Å². The topological polar surface area (TPSA) is 54.0 Å². The van der Waals surface area contributed by atoms with E-state index in [4.69, 9.17) is 18.9 Å². The Morgan fingerprint density at radius 3 is 2.62 bits per heavy atom. The zero-order chi connectivity index (χ0) is 22.9. The van der Waals surface area contributed by atoms with E-state index in [1.54, 1.807) is 0 Å². The van der Waals surface area contributed by atoms with Gasteiger partial charge in [0.1, 0.15) is 11.7 Å². The molecule has 32 heavy (non-hydrogen) atoms. The van der Waals surface area contributed by atoms with Gasteiger partial charge in [-0.1, -0.05) is 47.6 Å². The van der Waals surface area contributed by atoms with Gasteiger partial charge >= 0.3 is 0 Å². The minimum absolute atomic E-state index is 0.0704. The summed E-state index contributed by atoms with van der Waals surface area (Å²) >= 11 is 0. The van der Waals surface area contributed by atoms with E-state index in [-0.39, 0.29) is 11.7 Å². The predicted octanol–water partition coefficient (Wildman–Crippen LogP) is 5.49. The van der Waals surface area contributed by atoms with Crippen LogP contribution in [0.25, 0.3) is 0 Å². The van der Waals surface area contributed by atoms with Crippen LogP contribution in [0, 0.1) is 5.92 Å². The highest BCUT2D eigenvalue weighted by molar-refractivity contribution is 5.87. The number of carbonyl (C=O) groups excluding carboxylic acids is 1. The lowest BCUT2D eigenvalue weighted by molar-refractivity contribution is -0.238. The third kappa shape index (κ3) is 4.49. The predicted molar refractivity (Wildman–Crippen MR) is 123 cm³/mol. The van der Waals surface area contributed by atoms with Crippen LogP contribution in [0.15, 0.2) is 54.1 Å². The summed E-state index contributed by atoms with van der Waals surface area (Å²) < 4.78 is 25.3.